The van der Waals surface area contributed by atoms with E-state index in [-0.39, 0.29) is 38.5 Å². The number of unbranched alkanes of at least 4 members (excludes halogenated alkanes) is 2. The molecule has 0 aromatic rings. The molecule has 0 aromatic heterocycles. The van der Waals surface area contributed by atoms with E-state index in [4.69, 9.17) is 9.68 Å². The van der Waals surface area contributed by atoms with Crippen LogP contribution < -0.4 is 0 Å². The van der Waals surface area contributed by atoms with E-state index in [1.165, 1.54) is 0 Å². The van der Waals surface area contributed by atoms with Gasteiger partial charge in [0.15, 0.2) is 0 Å². The van der Waals surface area contributed by atoms with Gasteiger partial charge >= 0.3 is 11.9 Å². The van der Waals surface area contributed by atoms with Crippen LogP contribution >= 0.6 is 0 Å². The van der Waals surface area contributed by atoms with Crippen molar-refractivity contribution in [3.05, 3.63) is 0 Å². The van der Waals surface area contributed by atoms with E-state index in [0.29, 0.717) is 35.8 Å². The van der Waals surface area contributed by atoms with Crippen LogP contribution in [0.25, 0.3) is 0 Å². The molecule has 30 heavy (non-hydrogen) atoms. The molecule has 0 saturated carbocycles. The molecule has 10 heteroatoms. The SMILES string of the molecule is O=C(CCCC#CC#CCCCC(=O)ON1C(=O)CCC1=O)ON1C(=O)CCC1=O. The number of imide groups is 2. The molecule has 0 radical (unpaired) electrons. The second kappa shape index (κ2) is 11.4. The molecule has 0 aromatic carbocycles. The maximum Gasteiger partial charge on any atom is 0.333 e. The van der Waals surface area contributed by atoms with Gasteiger partial charge in [0.25, 0.3) is 23.6 Å². The molecule has 0 unspecified atom stereocenters. The van der Waals surface area contributed by atoms with Crippen molar-refractivity contribution in [2.24, 2.45) is 0 Å². The Hall–Kier alpha value is -3.66. The van der Waals surface area contributed by atoms with E-state index in [0.717, 1.165) is 0 Å². The average Bonchev–Trinajstić information content (AvgIpc) is 3.19. The Bertz CT molecular complexity index is 767. The Morgan fingerprint density at radius 3 is 1.33 bits per heavy atom. The summed E-state index contributed by atoms with van der Waals surface area (Å²) < 4.78 is 0. The molecule has 0 atom stereocenters. The third kappa shape index (κ3) is 7.06. The molecule has 2 aliphatic heterocycles. The minimum atomic E-state index is -0.671. The fraction of sp³-hybridized carbons (Fsp3) is 0.500. The Morgan fingerprint density at radius 1 is 0.667 bits per heavy atom. The topological polar surface area (TPSA) is 127 Å². The van der Waals surface area contributed by atoms with E-state index in [1.807, 2.05) is 0 Å². The van der Waals surface area contributed by atoms with Gasteiger partial charge < -0.3 is 9.68 Å². The quantitative estimate of drug-likeness (QED) is 0.319. The third-order valence-corrected chi connectivity index (χ3v) is 4.00. The zero-order valence-corrected chi connectivity index (χ0v) is 16.2. The number of hydrogen-bond acceptors (Lipinski definition) is 8. The van der Waals surface area contributed by atoms with E-state index >= 15 is 0 Å². The maximum absolute atomic E-state index is 11.6. The summed E-state index contributed by atoms with van der Waals surface area (Å²) in [5.74, 6) is 7.32. The van der Waals surface area contributed by atoms with Crippen molar-refractivity contribution in [1.29, 1.82) is 0 Å². The second-order valence-corrected chi connectivity index (χ2v) is 6.40. The molecule has 10 nitrogen and oxygen atoms in total. The molecule has 158 valence electrons. The van der Waals surface area contributed by atoms with Crippen molar-refractivity contribution in [1.82, 2.24) is 10.1 Å². The van der Waals surface area contributed by atoms with Gasteiger partial charge in [-0.2, -0.15) is 0 Å². The van der Waals surface area contributed by atoms with E-state index in [9.17, 15) is 28.8 Å². The van der Waals surface area contributed by atoms with E-state index < -0.39 is 35.6 Å². The Labute approximate surface area is 172 Å². The highest BCUT2D eigenvalue weighted by Gasteiger charge is 2.33. The van der Waals surface area contributed by atoms with Crippen LogP contribution in [0.15, 0.2) is 0 Å². The molecule has 0 spiro atoms. The lowest BCUT2D eigenvalue weighted by Gasteiger charge is -2.11. The van der Waals surface area contributed by atoms with Crippen LogP contribution in [-0.2, 0) is 38.4 Å². The molecule has 2 saturated heterocycles. The summed E-state index contributed by atoms with van der Waals surface area (Å²) in [5.41, 5.74) is 0. The van der Waals surface area contributed by atoms with Crippen molar-refractivity contribution < 1.29 is 38.4 Å². The number of carbonyl (C=O) groups is 6. The highest BCUT2D eigenvalue weighted by atomic mass is 16.7. The minimum absolute atomic E-state index is 0.0172. The number of carbonyl (C=O) groups excluding carboxylic acids is 6. The van der Waals surface area contributed by atoms with Crippen molar-refractivity contribution in [3.63, 3.8) is 0 Å². The monoisotopic (exact) mass is 416 g/mol. The Kier molecular flexibility index (Phi) is 8.57. The summed E-state index contributed by atoms with van der Waals surface area (Å²) in [4.78, 5) is 77.9. The van der Waals surface area contributed by atoms with Gasteiger partial charge in [0.05, 0.1) is 0 Å². The van der Waals surface area contributed by atoms with E-state index in [1.54, 1.807) is 0 Å². The zero-order valence-electron chi connectivity index (χ0n) is 16.2. The van der Waals surface area contributed by atoms with Gasteiger partial charge in [-0.05, 0) is 24.7 Å². The second-order valence-electron chi connectivity index (χ2n) is 6.40. The fourth-order valence-corrected chi connectivity index (χ4v) is 2.47. The number of amides is 4. The molecular weight excluding hydrogens is 396 g/mol. The van der Waals surface area contributed by atoms with Gasteiger partial charge in [0.1, 0.15) is 0 Å². The van der Waals surface area contributed by atoms with Gasteiger partial charge in [-0.3, -0.25) is 19.2 Å². The lowest BCUT2D eigenvalue weighted by atomic mass is 10.2. The summed E-state index contributed by atoms with van der Waals surface area (Å²) in [7, 11) is 0. The summed E-state index contributed by atoms with van der Waals surface area (Å²) in [5, 5.41) is 1.02. The van der Waals surface area contributed by atoms with Crippen LogP contribution in [0.1, 0.15) is 64.2 Å². The highest BCUT2D eigenvalue weighted by Crippen LogP contribution is 2.14. The van der Waals surface area contributed by atoms with Crippen LogP contribution in [-0.4, -0.2) is 45.7 Å². The van der Waals surface area contributed by atoms with E-state index in [2.05, 4.69) is 23.7 Å². The fourth-order valence-electron chi connectivity index (χ4n) is 2.47. The molecule has 0 N–H and O–H groups in total. The van der Waals surface area contributed by atoms with Gasteiger partial charge in [0, 0.05) is 51.4 Å². The average molecular weight is 416 g/mol. The molecule has 2 rings (SSSR count). The number of rotatable bonds is 8. The summed E-state index contributed by atoms with van der Waals surface area (Å²) in [6, 6.07) is 0. The summed E-state index contributed by atoms with van der Waals surface area (Å²) in [6.45, 7) is 0. The van der Waals surface area contributed by atoms with Gasteiger partial charge in [0.2, 0.25) is 0 Å². The Balaban J connectivity index is 1.53. The minimum Gasteiger partial charge on any atom is -0.330 e. The molecule has 4 amide bonds. The molecule has 2 aliphatic rings. The zero-order chi connectivity index (χ0) is 21.9. The first-order chi connectivity index (χ1) is 14.4. The highest BCUT2D eigenvalue weighted by molar-refractivity contribution is 6.02. The molecule has 0 bridgehead atoms. The largest absolute Gasteiger partial charge is 0.333 e. The first-order valence-electron chi connectivity index (χ1n) is 9.47. The Morgan fingerprint density at radius 2 is 1.00 bits per heavy atom. The first kappa shape index (κ1) is 22.6. The normalized spacial score (nSPS) is 15.5. The smallest absolute Gasteiger partial charge is 0.330 e. The molecular formula is C20H20N2O8. The first-order valence-corrected chi connectivity index (χ1v) is 9.47. The summed E-state index contributed by atoms with van der Waals surface area (Å²) >= 11 is 0. The molecule has 0 aliphatic carbocycles. The van der Waals surface area contributed by atoms with Crippen LogP contribution in [0.5, 0.6) is 0 Å². The van der Waals surface area contributed by atoms with Crippen molar-refractivity contribution in [2.75, 3.05) is 0 Å². The predicted molar refractivity (Wildman–Crippen MR) is 97.6 cm³/mol. The molecule has 2 heterocycles. The van der Waals surface area contributed by atoms with Crippen molar-refractivity contribution in [2.45, 2.75) is 64.2 Å². The number of nitrogens with zero attached hydrogens (tertiary/aromatic N) is 2. The van der Waals surface area contributed by atoms with Crippen LogP contribution in [0, 0.1) is 23.7 Å². The van der Waals surface area contributed by atoms with Crippen LogP contribution in [0.2, 0.25) is 0 Å². The number of hydroxylamine groups is 4. The summed E-state index contributed by atoms with van der Waals surface area (Å²) in [6.07, 6.45) is 1.79. The van der Waals surface area contributed by atoms with Gasteiger partial charge in [-0.25, -0.2) is 9.59 Å². The van der Waals surface area contributed by atoms with Crippen molar-refractivity contribution >= 4 is 35.6 Å². The third-order valence-electron chi connectivity index (χ3n) is 4.00. The van der Waals surface area contributed by atoms with Crippen LogP contribution in [0.4, 0.5) is 0 Å². The van der Waals surface area contributed by atoms with Gasteiger partial charge in [-0.1, -0.05) is 11.8 Å². The standard InChI is InChI=1S/C20H20N2O8/c23-15-11-12-16(24)21(15)29-19(27)9-7-5-3-1-2-4-6-8-10-20(28)30-22-17(25)13-14-18(22)26/h5-14H2. The van der Waals surface area contributed by atoms with Crippen LogP contribution in [0.3, 0.4) is 0 Å². The van der Waals surface area contributed by atoms with Gasteiger partial charge in [-0.15, -0.1) is 10.1 Å². The lowest BCUT2D eigenvalue weighted by molar-refractivity contribution is -0.197. The lowest BCUT2D eigenvalue weighted by Crippen LogP contribution is -2.31. The maximum atomic E-state index is 11.6. The number of hydrogen-bond donors (Lipinski definition) is 0. The predicted octanol–water partition coefficient (Wildman–Crippen LogP) is 0.548. The van der Waals surface area contributed by atoms with Crippen molar-refractivity contribution in [3.8, 4) is 23.7 Å². The molecule has 2 fully saturated rings.